The molecular weight excluding hydrogens is 322 g/mol. The Morgan fingerprint density at radius 3 is 2.65 bits per heavy atom. The lowest BCUT2D eigenvalue weighted by Crippen LogP contribution is -2.29. The van der Waals surface area contributed by atoms with Crippen molar-refractivity contribution in [2.45, 2.75) is 18.1 Å². The van der Waals surface area contributed by atoms with Crippen molar-refractivity contribution in [3.63, 3.8) is 0 Å². The van der Waals surface area contributed by atoms with Gasteiger partial charge in [0.25, 0.3) is 10.0 Å². The standard InChI is InChI=1S/C12H16ClNO4S2/c1-7-4-10(19-11(7)13)20(16,17)14-5-8(2)9(6-14)12(15)18-3/h4,8-9H,5-6H2,1-3H3. The predicted octanol–water partition coefficient (Wildman–Crippen LogP) is 2.14. The van der Waals surface area contributed by atoms with Crippen molar-refractivity contribution < 1.29 is 17.9 Å². The first-order chi connectivity index (χ1) is 9.27. The highest BCUT2D eigenvalue weighted by Crippen LogP contribution is 2.35. The van der Waals surface area contributed by atoms with Gasteiger partial charge in [0.15, 0.2) is 0 Å². The summed E-state index contributed by atoms with van der Waals surface area (Å²) < 4.78 is 31.8. The first-order valence-corrected chi connectivity index (χ1v) is 8.74. The van der Waals surface area contributed by atoms with Crippen molar-refractivity contribution in [1.82, 2.24) is 4.31 Å². The van der Waals surface area contributed by atoms with E-state index >= 15 is 0 Å². The lowest BCUT2D eigenvalue weighted by Gasteiger charge is -2.14. The monoisotopic (exact) mass is 337 g/mol. The van der Waals surface area contributed by atoms with Crippen molar-refractivity contribution in [2.75, 3.05) is 20.2 Å². The molecule has 0 N–H and O–H groups in total. The zero-order chi connectivity index (χ0) is 15.1. The van der Waals surface area contributed by atoms with Gasteiger partial charge in [-0.05, 0) is 24.5 Å². The fraction of sp³-hybridized carbons (Fsp3) is 0.583. The Labute approximate surface area is 127 Å². The third-order valence-electron chi connectivity index (χ3n) is 3.51. The van der Waals surface area contributed by atoms with Gasteiger partial charge in [0.05, 0.1) is 17.4 Å². The van der Waals surface area contributed by atoms with Crippen LogP contribution in [0.2, 0.25) is 4.34 Å². The van der Waals surface area contributed by atoms with Gasteiger partial charge in [-0.2, -0.15) is 4.31 Å². The van der Waals surface area contributed by atoms with Crippen LogP contribution in [0, 0.1) is 18.8 Å². The van der Waals surface area contributed by atoms with Crippen LogP contribution in [0.3, 0.4) is 0 Å². The summed E-state index contributed by atoms with van der Waals surface area (Å²) in [5, 5.41) is 0. The summed E-state index contributed by atoms with van der Waals surface area (Å²) in [6, 6.07) is 1.57. The lowest BCUT2D eigenvalue weighted by atomic mass is 9.99. The molecule has 1 aliphatic heterocycles. The molecule has 0 spiro atoms. The van der Waals surface area contributed by atoms with E-state index in [9.17, 15) is 13.2 Å². The molecule has 1 aromatic heterocycles. The average molecular weight is 338 g/mol. The zero-order valence-corrected chi connectivity index (χ0v) is 13.8. The molecule has 1 fully saturated rings. The van der Waals surface area contributed by atoms with Crippen LogP contribution in [0.25, 0.3) is 0 Å². The van der Waals surface area contributed by atoms with Gasteiger partial charge in [-0.25, -0.2) is 8.42 Å². The maximum Gasteiger partial charge on any atom is 0.310 e. The second-order valence-corrected chi connectivity index (χ2v) is 8.77. The molecule has 0 saturated carbocycles. The number of sulfonamides is 1. The molecule has 1 aliphatic rings. The van der Waals surface area contributed by atoms with Crippen LogP contribution in [0.4, 0.5) is 0 Å². The van der Waals surface area contributed by atoms with Gasteiger partial charge in [0.1, 0.15) is 4.21 Å². The molecule has 8 heteroatoms. The molecule has 0 aliphatic carbocycles. The summed E-state index contributed by atoms with van der Waals surface area (Å²) in [6.07, 6.45) is 0. The maximum atomic E-state index is 12.5. The third kappa shape index (κ3) is 2.72. The summed E-state index contributed by atoms with van der Waals surface area (Å²) in [7, 11) is -2.27. The van der Waals surface area contributed by atoms with E-state index < -0.39 is 15.9 Å². The first-order valence-electron chi connectivity index (χ1n) is 6.11. The highest BCUT2D eigenvalue weighted by atomic mass is 35.5. The third-order valence-corrected chi connectivity index (χ3v) is 7.35. The van der Waals surface area contributed by atoms with Gasteiger partial charge >= 0.3 is 5.97 Å². The Kier molecular flexibility index (Phi) is 4.44. The fourth-order valence-electron chi connectivity index (χ4n) is 2.26. The average Bonchev–Trinajstić information content (AvgIpc) is 2.93. The Balaban J connectivity index is 2.26. The second kappa shape index (κ2) is 5.63. The van der Waals surface area contributed by atoms with E-state index in [0.29, 0.717) is 10.9 Å². The van der Waals surface area contributed by atoms with Crippen molar-refractivity contribution in [3.05, 3.63) is 16.0 Å². The van der Waals surface area contributed by atoms with E-state index in [1.807, 2.05) is 6.92 Å². The van der Waals surface area contributed by atoms with Crippen molar-refractivity contribution >= 4 is 38.9 Å². The minimum absolute atomic E-state index is 0.0613. The second-order valence-electron chi connectivity index (χ2n) is 4.95. The number of aryl methyl sites for hydroxylation is 1. The van der Waals surface area contributed by atoms with Crippen molar-refractivity contribution in [3.8, 4) is 0 Å². The Hall–Kier alpha value is -0.630. The fourth-order valence-corrected chi connectivity index (χ4v) is 5.69. The van der Waals surface area contributed by atoms with E-state index in [-0.39, 0.29) is 22.6 Å². The Morgan fingerprint density at radius 2 is 2.15 bits per heavy atom. The molecule has 2 heterocycles. The van der Waals surface area contributed by atoms with Crippen LogP contribution in [-0.2, 0) is 19.6 Å². The van der Waals surface area contributed by atoms with Crippen molar-refractivity contribution in [2.24, 2.45) is 11.8 Å². The molecule has 1 saturated heterocycles. The van der Waals surface area contributed by atoms with Gasteiger partial charge in [-0.15, -0.1) is 11.3 Å². The van der Waals surface area contributed by atoms with Gasteiger partial charge in [0.2, 0.25) is 0 Å². The Bertz CT molecular complexity index is 606. The lowest BCUT2D eigenvalue weighted by molar-refractivity contribution is -0.145. The van der Waals surface area contributed by atoms with Crippen LogP contribution >= 0.6 is 22.9 Å². The molecule has 112 valence electrons. The normalized spacial score (nSPS) is 24.0. The number of hydrogen-bond donors (Lipinski definition) is 0. The van der Waals surface area contributed by atoms with Crippen LogP contribution in [-0.4, -0.2) is 38.9 Å². The van der Waals surface area contributed by atoms with E-state index in [1.54, 1.807) is 13.0 Å². The Morgan fingerprint density at radius 1 is 1.50 bits per heavy atom. The number of methoxy groups -OCH3 is 1. The molecule has 0 amide bonds. The van der Waals surface area contributed by atoms with E-state index in [0.717, 1.165) is 16.9 Å². The van der Waals surface area contributed by atoms with Crippen LogP contribution in [0.1, 0.15) is 12.5 Å². The number of rotatable bonds is 3. The molecule has 1 aromatic rings. The largest absolute Gasteiger partial charge is 0.469 e. The molecular formula is C12H16ClNO4S2. The van der Waals surface area contributed by atoms with E-state index in [1.165, 1.54) is 11.4 Å². The smallest absolute Gasteiger partial charge is 0.310 e. The minimum atomic E-state index is -3.59. The van der Waals surface area contributed by atoms with Crippen LogP contribution < -0.4 is 0 Å². The molecule has 2 unspecified atom stereocenters. The van der Waals surface area contributed by atoms with Crippen LogP contribution in [0.5, 0.6) is 0 Å². The molecule has 2 rings (SSSR count). The summed E-state index contributed by atoms with van der Waals surface area (Å²) in [4.78, 5) is 11.6. The molecule has 2 atom stereocenters. The number of halogens is 1. The number of esters is 1. The number of ether oxygens (including phenoxy) is 1. The van der Waals surface area contributed by atoms with E-state index in [2.05, 4.69) is 0 Å². The summed E-state index contributed by atoms with van der Waals surface area (Å²) in [6.45, 7) is 4.09. The summed E-state index contributed by atoms with van der Waals surface area (Å²) in [5.41, 5.74) is 0.743. The zero-order valence-electron chi connectivity index (χ0n) is 11.4. The quantitative estimate of drug-likeness (QED) is 0.793. The number of nitrogens with zero attached hydrogens (tertiary/aromatic N) is 1. The van der Waals surface area contributed by atoms with E-state index in [4.69, 9.17) is 16.3 Å². The minimum Gasteiger partial charge on any atom is -0.469 e. The molecule has 5 nitrogen and oxygen atoms in total. The number of hydrogen-bond acceptors (Lipinski definition) is 5. The summed E-state index contributed by atoms with van der Waals surface area (Å²) in [5.74, 6) is -0.837. The molecule has 0 bridgehead atoms. The molecule has 20 heavy (non-hydrogen) atoms. The summed E-state index contributed by atoms with van der Waals surface area (Å²) >= 11 is 6.98. The number of thiophene rings is 1. The van der Waals surface area contributed by atoms with Gasteiger partial charge in [-0.1, -0.05) is 18.5 Å². The molecule has 0 aromatic carbocycles. The molecule has 0 radical (unpaired) electrons. The van der Waals surface area contributed by atoms with Gasteiger partial charge in [-0.3, -0.25) is 4.79 Å². The number of carbonyl (C=O) groups is 1. The van der Waals surface area contributed by atoms with Crippen LogP contribution in [0.15, 0.2) is 10.3 Å². The predicted molar refractivity (Wildman–Crippen MR) is 77.5 cm³/mol. The van der Waals surface area contributed by atoms with Crippen molar-refractivity contribution in [1.29, 1.82) is 0 Å². The highest BCUT2D eigenvalue weighted by Gasteiger charge is 2.41. The van der Waals surface area contributed by atoms with Gasteiger partial charge < -0.3 is 4.74 Å². The number of carbonyl (C=O) groups excluding carboxylic acids is 1. The maximum absolute atomic E-state index is 12.5. The van der Waals surface area contributed by atoms with Gasteiger partial charge in [0, 0.05) is 13.1 Å². The SMILES string of the molecule is COC(=O)C1CN(S(=O)(=O)c2cc(C)c(Cl)s2)CC1C. The first kappa shape index (κ1) is 15.8. The topological polar surface area (TPSA) is 63.7 Å². The highest BCUT2D eigenvalue weighted by molar-refractivity contribution is 7.91.